The zero-order valence-corrected chi connectivity index (χ0v) is 16.0. The molecular formula is C23H18N2O5. The molecule has 0 saturated heterocycles. The molecule has 1 atom stereocenters. The number of carbonyl (C=O) groups excluding carboxylic acids is 1. The summed E-state index contributed by atoms with van der Waals surface area (Å²) in [5, 5.41) is 3.49. The molecule has 0 saturated carbocycles. The van der Waals surface area contributed by atoms with Crippen molar-refractivity contribution in [2.45, 2.75) is 12.7 Å². The monoisotopic (exact) mass is 402 g/mol. The molecule has 0 bridgehead atoms. The molecule has 3 heterocycles. The van der Waals surface area contributed by atoms with Crippen molar-refractivity contribution in [3.63, 3.8) is 0 Å². The number of benzene rings is 3. The van der Waals surface area contributed by atoms with Gasteiger partial charge in [0.05, 0.1) is 0 Å². The van der Waals surface area contributed by atoms with Gasteiger partial charge in [-0.2, -0.15) is 0 Å². The number of hydrogen-bond acceptors (Lipinski definition) is 6. The van der Waals surface area contributed by atoms with Crippen molar-refractivity contribution >= 4 is 11.6 Å². The molecule has 1 N–H and O–H groups in total. The topological polar surface area (TPSA) is 69.3 Å². The van der Waals surface area contributed by atoms with E-state index in [1.807, 2.05) is 65.6 Å². The summed E-state index contributed by atoms with van der Waals surface area (Å²) in [7, 11) is 0. The summed E-state index contributed by atoms with van der Waals surface area (Å²) in [5.74, 6) is 2.84. The first-order valence-electron chi connectivity index (χ1n) is 9.71. The Hall–Kier alpha value is -3.87. The van der Waals surface area contributed by atoms with Gasteiger partial charge in [-0.15, -0.1) is 0 Å². The van der Waals surface area contributed by atoms with E-state index >= 15 is 0 Å². The maximum absolute atomic E-state index is 13.2. The van der Waals surface area contributed by atoms with Gasteiger partial charge in [0.15, 0.2) is 23.0 Å². The van der Waals surface area contributed by atoms with E-state index in [1.165, 1.54) is 0 Å². The molecule has 150 valence electrons. The molecule has 7 nitrogen and oxygen atoms in total. The summed E-state index contributed by atoms with van der Waals surface area (Å²) in [6, 6.07) is 19.1. The Morgan fingerprint density at radius 2 is 1.53 bits per heavy atom. The molecule has 0 fully saturated rings. The predicted molar refractivity (Wildman–Crippen MR) is 108 cm³/mol. The highest BCUT2D eigenvalue weighted by Gasteiger charge is 2.36. The summed E-state index contributed by atoms with van der Waals surface area (Å²) in [6.07, 6.45) is -0.306. The zero-order chi connectivity index (χ0) is 20.1. The van der Waals surface area contributed by atoms with Crippen LogP contribution in [-0.2, 0) is 6.54 Å². The molecular weight excluding hydrogens is 384 g/mol. The fraction of sp³-hybridized carbons (Fsp3) is 0.174. The van der Waals surface area contributed by atoms with Crippen LogP contribution < -0.4 is 24.3 Å². The molecule has 3 aliphatic heterocycles. The third-order valence-corrected chi connectivity index (χ3v) is 5.52. The van der Waals surface area contributed by atoms with Crippen molar-refractivity contribution < 1.29 is 23.7 Å². The molecule has 3 aliphatic rings. The van der Waals surface area contributed by atoms with E-state index in [0.717, 1.165) is 28.3 Å². The molecule has 7 heteroatoms. The minimum absolute atomic E-state index is 0.0125. The molecule has 0 aliphatic carbocycles. The van der Waals surface area contributed by atoms with E-state index in [0.29, 0.717) is 23.6 Å². The van der Waals surface area contributed by atoms with Gasteiger partial charge in [0.25, 0.3) is 5.91 Å². The summed E-state index contributed by atoms with van der Waals surface area (Å²) in [6.45, 7) is 0.882. The van der Waals surface area contributed by atoms with Crippen LogP contribution in [0, 0.1) is 0 Å². The number of carbonyl (C=O) groups is 1. The molecule has 3 aromatic carbocycles. The molecule has 0 aromatic heterocycles. The number of nitrogens with zero attached hydrogens (tertiary/aromatic N) is 1. The average molecular weight is 402 g/mol. The van der Waals surface area contributed by atoms with Gasteiger partial charge in [0.1, 0.15) is 6.17 Å². The van der Waals surface area contributed by atoms with E-state index in [1.54, 1.807) is 0 Å². The van der Waals surface area contributed by atoms with Crippen LogP contribution in [0.3, 0.4) is 0 Å². The second kappa shape index (κ2) is 6.59. The molecule has 0 radical (unpaired) electrons. The largest absolute Gasteiger partial charge is 0.454 e. The van der Waals surface area contributed by atoms with Crippen LogP contribution in [0.4, 0.5) is 5.69 Å². The number of hydrogen-bond donors (Lipinski definition) is 1. The first-order valence-corrected chi connectivity index (χ1v) is 9.71. The van der Waals surface area contributed by atoms with Crippen LogP contribution >= 0.6 is 0 Å². The molecule has 0 unspecified atom stereocenters. The van der Waals surface area contributed by atoms with Gasteiger partial charge >= 0.3 is 0 Å². The van der Waals surface area contributed by atoms with E-state index < -0.39 is 0 Å². The smallest absolute Gasteiger partial charge is 0.256 e. The Labute approximate surface area is 172 Å². The zero-order valence-electron chi connectivity index (χ0n) is 16.0. The SMILES string of the molecule is O=C1c2ccccc2[C@H](Nc2ccc3c(c2)OCO3)N1Cc1ccc2c(c1)OCO2. The minimum Gasteiger partial charge on any atom is -0.454 e. The number of fused-ring (bicyclic) bond motifs is 3. The normalized spacial score (nSPS) is 17.9. The van der Waals surface area contributed by atoms with E-state index in [-0.39, 0.29) is 25.7 Å². The average Bonchev–Trinajstić information content (AvgIpc) is 3.48. The number of rotatable bonds is 4. The van der Waals surface area contributed by atoms with E-state index in [4.69, 9.17) is 18.9 Å². The van der Waals surface area contributed by atoms with Crippen molar-refractivity contribution in [2.75, 3.05) is 18.9 Å². The molecule has 6 rings (SSSR count). The molecule has 3 aromatic rings. The fourth-order valence-electron chi connectivity index (χ4n) is 4.07. The highest BCUT2D eigenvalue weighted by molar-refractivity contribution is 5.99. The summed E-state index contributed by atoms with van der Waals surface area (Å²) in [4.78, 5) is 15.0. The summed E-state index contributed by atoms with van der Waals surface area (Å²) >= 11 is 0. The Morgan fingerprint density at radius 3 is 2.37 bits per heavy atom. The van der Waals surface area contributed by atoms with Gasteiger partial charge in [0, 0.05) is 29.4 Å². The van der Waals surface area contributed by atoms with Crippen LogP contribution in [0.25, 0.3) is 0 Å². The van der Waals surface area contributed by atoms with Gasteiger partial charge in [-0.05, 0) is 35.9 Å². The van der Waals surface area contributed by atoms with Crippen molar-refractivity contribution in [1.29, 1.82) is 0 Å². The lowest BCUT2D eigenvalue weighted by molar-refractivity contribution is 0.0728. The van der Waals surface area contributed by atoms with Crippen molar-refractivity contribution in [3.8, 4) is 23.0 Å². The Morgan fingerprint density at radius 1 is 0.833 bits per heavy atom. The Balaban J connectivity index is 1.33. The van der Waals surface area contributed by atoms with Crippen molar-refractivity contribution in [3.05, 3.63) is 77.4 Å². The van der Waals surface area contributed by atoms with Gasteiger partial charge in [0.2, 0.25) is 13.6 Å². The van der Waals surface area contributed by atoms with Crippen LogP contribution in [0.2, 0.25) is 0 Å². The third kappa shape index (κ3) is 2.70. The van der Waals surface area contributed by atoms with E-state index in [2.05, 4.69) is 5.32 Å². The quantitative estimate of drug-likeness (QED) is 0.714. The number of nitrogens with one attached hydrogen (secondary N) is 1. The third-order valence-electron chi connectivity index (χ3n) is 5.52. The number of anilines is 1. The highest BCUT2D eigenvalue weighted by Crippen LogP contribution is 2.40. The lowest BCUT2D eigenvalue weighted by atomic mass is 10.1. The molecule has 0 spiro atoms. The molecule has 30 heavy (non-hydrogen) atoms. The summed E-state index contributed by atoms with van der Waals surface area (Å²) < 4.78 is 21.8. The standard InChI is InChI=1S/C23H18N2O5/c26-23-17-4-2-1-3-16(17)22(24-15-6-8-19-21(10-15)30-13-28-19)25(23)11-14-5-7-18-20(9-14)29-12-27-18/h1-10,22,24H,11-13H2/t22-/m1/s1. The van der Waals surface area contributed by atoms with Crippen LogP contribution in [0.5, 0.6) is 23.0 Å². The van der Waals surface area contributed by atoms with Gasteiger partial charge in [-0.25, -0.2) is 0 Å². The lowest BCUT2D eigenvalue weighted by Gasteiger charge is -2.27. The first kappa shape index (κ1) is 17.0. The van der Waals surface area contributed by atoms with Crippen molar-refractivity contribution in [2.24, 2.45) is 0 Å². The van der Waals surface area contributed by atoms with E-state index in [9.17, 15) is 4.79 Å². The number of ether oxygens (including phenoxy) is 4. The van der Waals surface area contributed by atoms with Crippen LogP contribution in [-0.4, -0.2) is 24.4 Å². The Bertz CT molecular complexity index is 1160. The number of amides is 1. The maximum atomic E-state index is 13.2. The maximum Gasteiger partial charge on any atom is 0.256 e. The van der Waals surface area contributed by atoms with Gasteiger partial charge < -0.3 is 29.2 Å². The first-order chi connectivity index (χ1) is 14.8. The second-order valence-corrected chi connectivity index (χ2v) is 7.32. The lowest BCUT2D eigenvalue weighted by Crippen LogP contribution is -2.31. The predicted octanol–water partition coefficient (Wildman–Crippen LogP) is 3.91. The molecule has 1 amide bonds. The fourth-order valence-corrected chi connectivity index (χ4v) is 4.07. The summed E-state index contributed by atoms with van der Waals surface area (Å²) in [5.41, 5.74) is 3.47. The van der Waals surface area contributed by atoms with Crippen LogP contribution in [0.15, 0.2) is 60.7 Å². The Kier molecular flexibility index (Phi) is 3.74. The van der Waals surface area contributed by atoms with Crippen LogP contribution in [0.1, 0.15) is 27.7 Å². The highest BCUT2D eigenvalue weighted by atomic mass is 16.7. The minimum atomic E-state index is -0.306. The van der Waals surface area contributed by atoms with Crippen molar-refractivity contribution in [1.82, 2.24) is 4.90 Å². The van der Waals surface area contributed by atoms with Gasteiger partial charge in [-0.1, -0.05) is 24.3 Å². The second-order valence-electron chi connectivity index (χ2n) is 7.32. The van der Waals surface area contributed by atoms with Gasteiger partial charge in [-0.3, -0.25) is 4.79 Å².